The van der Waals surface area contributed by atoms with Crippen molar-refractivity contribution in [1.29, 1.82) is 0 Å². The summed E-state index contributed by atoms with van der Waals surface area (Å²) in [6.45, 7) is 3.11. The molecule has 1 aliphatic rings. The topological polar surface area (TPSA) is 54.5 Å². The second-order valence-corrected chi connectivity index (χ2v) is 5.84. The fraction of sp³-hybridized carbons (Fsp3) is 0.250. The Morgan fingerprint density at radius 3 is 2.65 bits per heavy atom. The SMILES string of the molecule is O=C(Nc1ccc(N2CCOCC2)cn1)c1cccc(Cl)c1Cl. The first-order chi connectivity index (χ1) is 11.1. The fourth-order valence-electron chi connectivity index (χ4n) is 2.33. The van der Waals surface area contributed by atoms with Crippen molar-refractivity contribution in [3.63, 3.8) is 0 Å². The third-order valence-corrected chi connectivity index (χ3v) is 4.38. The lowest BCUT2D eigenvalue weighted by Crippen LogP contribution is -2.36. The van der Waals surface area contributed by atoms with Gasteiger partial charge in [0.1, 0.15) is 5.82 Å². The molecule has 0 bridgehead atoms. The van der Waals surface area contributed by atoms with E-state index >= 15 is 0 Å². The summed E-state index contributed by atoms with van der Waals surface area (Å²) in [5.41, 5.74) is 1.32. The Hall–Kier alpha value is -1.82. The number of morpholine rings is 1. The second-order valence-electron chi connectivity index (χ2n) is 5.06. The number of benzene rings is 1. The van der Waals surface area contributed by atoms with Crippen molar-refractivity contribution >= 4 is 40.6 Å². The summed E-state index contributed by atoms with van der Waals surface area (Å²) in [5, 5.41) is 3.30. The maximum atomic E-state index is 12.3. The number of amides is 1. The summed E-state index contributed by atoms with van der Waals surface area (Å²) in [5.74, 6) is 0.118. The number of hydrogen-bond acceptors (Lipinski definition) is 4. The zero-order chi connectivity index (χ0) is 16.2. The van der Waals surface area contributed by atoms with Crippen LogP contribution in [-0.4, -0.2) is 37.2 Å². The maximum absolute atomic E-state index is 12.3. The Balaban J connectivity index is 1.70. The summed E-state index contributed by atoms with van der Waals surface area (Å²) < 4.78 is 5.33. The molecule has 1 aromatic carbocycles. The summed E-state index contributed by atoms with van der Waals surface area (Å²) >= 11 is 12.0. The third-order valence-electron chi connectivity index (χ3n) is 3.56. The molecule has 1 saturated heterocycles. The number of ether oxygens (including phenoxy) is 1. The zero-order valence-electron chi connectivity index (χ0n) is 12.3. The van der Waals surface area contributed by atoms with Crippen LogP contribution in [0.2, 0.25) is 10.0 Å². The van der Waals surface area contributed by atoms with Crippen LogP contribution in [0.5, 0.6) is 0 Å². The number of anilines is 2. The molecule has 0 unspecified atom stereocenters. The Morgan fingerprint density at radius 1 is 1.17 bits per heavy atom. The Kier molecular flexibility index (Phi) is 5.00. The second kappa shape index (κ2) is 7.17. The van der Waals surface area contributed by atoms with Crippen LogP contribution in [0.1, 0.15) is 10.4 Å². The summed E-state index contributed by atoms with van der Waals surface area (Å²) in [7, 11) is 0. The van der Waals surface area contributed by atoms with Gasteiger partial charge >= 0.3 is 0 Å². The van der Waals surface area contributed by atoms with Crippen LogP contribution in [-0.2, 0) is 4.74 Å². The van der Waals surface area contributed by atoms with Crippen molar-refractivity contribution in [3.8, 4) is 0 Å². The van der Waals surface area contributed by atoms with E-state index in [0.717, 1.165) is 18.8 Å². The third kappa shape index (κ3) is 3.75. The van der Waals surface area contributed by atoms with Crippen molar-refractivity contribution in [1.82, 2.24) is 4.98 Å². The largest absolute Gasteiger partial charge is 0.378 e. The molecule has 0 radical (unpaired) electrons. The normalized spacial score (nSPS) is 14.6. The molecule has 0 aliphatic carbocycles. The number of carbonyl (C=O) groups excluding carboxylic acids is 1. The van der Waals surface area contributed by atoms with E-state index in [2.05, 4.69) is 15.2 Å². The number of rotatable bonds is 3. The van der Waals surface area contributed by atoms with Gasteiger partial charge < -0.3 is 15.0 Å². The van der Waals surface area contributed by atoms with Gasteiger partial charge in [-0.05, 0) is 24.3 Å². The number of halogens is 2. The molecule has 0 saturated carbocycles. The van der Waals surface area contributed by atoms with Crippen molar-refractivity contribution in [3.05, 3.63) is 52.1 Å². The molecule has 120 valence electrons. The molecule has 0 spiro atoms. The Bertz CT molecular complexity index is 701. The molecule has 3 rings (SSSR count). The molecular formula is C16H15Cl2N3O2. The van der Waals surface area contributed by atoms with Gasteiger partial charge in [0.15, 0.2) is 0 Å². The number of pyridine rings is 1. The first kappa shape index (κ1) is 16.1. The van der Waals surface area contributed by atoms with Gasteiger partial charge in [0.25, 0.3) is 5.91 Å². The summed E-state index contributed by atoms with van der Waals surface area (Å²) in [6.07, 6.45) is 1.74. The van der Waals surface area contributed by atoms with Crippen LogP contribution in [0.3, 0.4) is 0 Å². The van der Waals surface area contributed by atoms with Crippen LogP contribution < -0.4 is 10.2 Å². The van der Waals surface area contributed by atoms with Gasteiger partial charge in [-0.3, -0.25) is 4.79 Å². The lowest BCUT2D eigenvalue weighted by Gasteiger charge is -2.28. The number of aromatic nitrogens is 1. The molecule has 1 aromatic heterocycles. The van der Waals surface area contributed by atoms with Gasteiger partial charge in [-0.15, -0.1) is 0 Å². The van der Waals surface area contributed by atoms with E-state index in [1.54, 1.807) is 30.5 Å². The monoisotopic (exact) mass is 351 g/mol. The quantitative estimate of drug-likeness (QED) is 0.919. The molecule has 23 heavy (non-hydrogen) atoms. The van der Waals surface area contributed by atoms with E-state index in [1.165, 1.54) is 0 Å². The minimum atomic E-state index is -0.343. The van der Waals surface area contributed by atoms with Crippen molar-refractivity contribution in [2.75, 3.05) is 36.5 Å². The van der Waals surface area contributed by atoms with Gasteiger partial charge in [0.05, 0.1) is 40.7 Å². The molecular weight excluding hydrogens is 337 g/mol. The molecule has 1 fully saturated rings. The van der Waals surface area contributed by atoms with Gasteiger partial charge in [-0.25, -0.2) is 4.98 Å². The number of nitrogens with one attached hydrogen (secondary N) is 1. The predicted octanol–water partition coefficient (Wildman–Crippen LogP) is 3.48. The first-order valence-electron chi connectivity index (χ1n) is 7.19. The van der Waals surface area contributed by atoms with Crippen LogP contribution in [0.15, 0.2) is 36.5 Å². The highest BCUT2D eigenvalue weighted by Crippen LogP contribution is 2.26. The smallest absolute Gasteiger partial charge is 0.258 e. The lowest BCUT2D eigenvalue weighted by atomic mass is 10.2. The van der Waals surface area contributed by atoms with Crippen LogP contribution in [0, 0.1) is 0 Å². The molecule has 1 aliphatic heterocycles. The molecule has 0 atom stereocenters. The van der Waals surface area contributed by atoms with Crippen LogP contribution in [0.4, 0.5) is 11.5 Å². The highest BCUT2D eigenvalue weighted by molar-refractivity contribution is 6.44. The van der Waals surface area contributed by atoms with E-state index in [-0.39, 0.29) is 10.9 Å². The van der Waals surface area contributed by atoms with Crippen molar-refractivity contribution in [2.45, 2.75) is 0 Å². The predicted molar refractivity (Wildman–Crippen MR) is 91.7 cm³/mol. The van der Waals surface area contributed by atoms with E-state index in [1.807, 2.05) is 6.07 Å². The Morgan fingerprint density at radius 2 is 1.96 bits per heavy atom. The van der Waals surface area contributed by atoms with Crippen molar-refractivity contribution < 1.29 is 9.53 Å². The maximum Gasteiger partial charge on any atom is 0.258 e. The standard InChI is InChI=1S/C16H15Cl2N3O2/c17-13-3-1-2-12(15(13)18)16(22)20-14-5-4-11(10-19-14)21-6-8-23-9-7-21/h1-5,10H,6-9H2,(H,19,20,22). The van der Waals surface area contributed by atoms with E-state index in [9.17, 15) is 4.79 Å². The molecule has 1 N–H and O–H groups in total. The minimum absolute atomic E-state index is 0.233. The summed E-state index contributed by atoms with van der Waals surface area (Å²) in [4.78, 5) is 18.7. The van der Waals surface area contributed by atoms with Crippen molar-refractivity contribution in [2.24, 2.45) is 0 Å². The molecule has 1 amide bonds. The first-order valence-corrected chi connectivity index (χ1v) is 7.95. The number of nitrogens with zero attached hydrogens (tertiary/aromatic N) is 2. The zero-order valence-corrected chi connectivity index (χ0v) is 13.8. The van der Waals surface area contributed by atoms with Gasteiger partial charge in [-0.2, -0.15) is 0 Å². The van der Waals surface area contributed by atoms with Crippen LogP contribution >= 0.6 is 23.2 Å². The van der Waals surface area contributed by atoms with Gasteiger partial charge in [-0.1, -0.05) is 29.3 Å². The highest BCUT2D eigenvalue weighted by Gasteiger charge is 2.14. The van der Waals surface area contributed by atoms with E-state index in [0.29, 0.717) is 29.6 Å². The Labute approximate surface area is 144 Å². The van der Waals surface area contributed by atoms with Crippen LogP contribution in [0.25, 0.3) is 0 Å². The average Bonchev–Trinajstić information content (AvgIpc) is 2.59. The molecule has 2 heterocycles. The summed E-state index contributed by atoms with van der Waals surface area (Å²) in [6, 6.07) is 8.62. The molecule has 5 nitrogen and oxygen atoms in total. The number of hydrogen-bond donors (Lipinski definition) is 1. The number of carbonyl (C=O) groups is 1. The highest BCUT2D eigenvalue weighted by atomic mass is 35.5. The van der Waals surface area contributed by atoms with E-state index in [4.69, 9.17) is 27.9 Å². The van der Waals surface area contributed by atoms with Gasteiger partial charge in [0, 0.05) is 13.1 Å². The lowest BCUT2D eigenvalue weighted by molar-refractivity contribution is 0.102. The van der Waals surface area contributed by atoms with Gasteiger partial charge in [0.2, 0.25) is 0 Å². The van der Waals surface area contributed by atoms with E-state index < -0.39 is 0 Å². The molecule has 7 heteroatoms. The molecule has 2 aromatic rings. The minimum Gasteiger partial charge on any atom is -0.378 e. The fourth-order valence-corrected chi connectivity index (χ4v) is 2.72. The average molecular weight is 352 g/mol.